The Bertz CT molecular complexity index is 1610. The average molecular weight is 524 g/mol. The number of nitrogens with one attached hydrogen (secondary N) is 1. The normalized spacial score (nSPS) is 11.2. The number of carbonyl (C=O) groups is 2. The summed E-state index contributed by atoms with van der Waals surface area (Å²) in [7, 11) is 0. The molecular weight excluding hydrogens is 504 g/mol. The van der Waals surface area contributed by atoms with Gasteiger partial charge in [-0.3, -0.25) is 9.59 Å². The predicted octanol–water partition coefficient (Wildman–Crippen LogP) is 6.33. The van der Waals surface area contributed by atoms with E-state index in [1.807, 2.05) is 25.1 Å². The number of halogens is 2. The van der Waals surface area contributed by atoms with Crippen LogP contribution in [0.4, 0.5) is 14.5 Å². The zero-order valence-electron chi connectivity index (χ0n) is 19.3. The molecule has 0 bridgehead atoms. The van der Waals surface area contributed by atoms with Crippen LogP contribution >= 0.6 is 11.3 Å². The number of amides is 2. The zero-order chi connectivity index (χ0) is 26.1. The van der Waals surface area contributed by atoms with Gasteiger partial charge in [-0.25, -0.2) is 13.8 Å². The van der Waals surface area contributed by atoms with E-state index in [1.165, 1.54) is 12.3 Å². The number of furan rings is 2. The lowest BCUT2D eigenvalue weighted by Crippen LogP contribution is -2.16. The fraction of sp³-hybridized carbons (Fsp3) is 0.115. The number of anilines is 1. The van der Waals surface area contributed by atoms with Gasteiger partial charge in [0.05, 0.1) is 12.0 Å². The van der Waals surface area contributed by atoms with Gasteiger partial charge >= 0.3 is 0 Å². The molecule has 37 heavy (non-hydrogen) atoms. The summed E-state index contributed by atoms with van der Waals surface area (Å²) in [5.74, 6) is -0.265. The lowest BCUT2D eigenvalue weighted by atomic mass is 10.1. The van der Waals surface area contributed by atoms with Crippen LogP contribution in [0, 0.1) is 6.92 Å². The van der Waals surface area contributed by atoms with Crippen LogP contribution in [-0.4, -0.2) is 16.8 Å². The number of nitrogens with zero attached hydrogens (tertiary/aromatic N) is 1. The maximum absolute atomic E-state index is 13.5. The minimum absolute atomic E-state index is 0.0335. The number of fused-ring (bicyclic) bond motifs is 1. The highest BCUT2D eigenvalue weighted by Crippen LogP contribution is 2.42. The second-order valence-electron chi connectivity index (χ2n) is 8.05. The number of benzene rings is 1. The minimum Gasteiger partial charge on any atom is -0.486 e. The largest absolute Gasteiger partial charge is 0.486 e. The van der Waals surface area contributed by atoms with Crippen LogP contribution in [-0.2, 0) is 6.61 Å². The number of hydrogen-bond donors (Lipinski definition) is 2. The molecule has 0 fully saturated rings. The van der Waals surface area contributed by atoms with Crippen LogP contribution in [0.1, 0.15) is 43.7 Å². The lowest BCUT2D eigenvalue weighted by Gasteiger charge is -2.09. The number of rotatable bonds is 8. The summed E-state index contributed by atoms with van der Waals surface area (Å²) < 4.78 is 43.8. The number of alkyl halides is 2. The highest BCUT2D eigenvalue weighted by Gasteiger charge is 2.26. The van der Waals surface area contributed by atoms with Crippen molar-refractivity contribution in [1.29, 1.82) is 0 Å². The number of pyridine rings is 1. The number of nitrogens with two attached hydrogens (primary N) is 1. The van der Waals surface area contributed by atoms with Crippen molar-refractivity contribution in [1.82, 2.24) is 4.98 Å². The van der Waals surface area contributed by atoms with Crippen molar-refractivity contribution >= 4 is 39.1 Å². The summed E-state index contributed by atoms with van der Waals surface area (Å²) in [5, 5.41) is 2.89. The number of carbonyl (C=O) groups excluding carboxylic acids is 2. The number of ether oxygens (including phenoxy) is 1. The summed E-state index contributed by atoms with van der Waals surface area (Å²) in [6.07, 6.45) is -1.48. The molecule has 5 aromatic rings. The van der Waals surface area contributed by atoms with Crippen molar-refractivity contribution < 1.29 is 31.9 Å². The van der Waals surface area contributed by atoms with E-state index < -0.39 is 23.9 Å². The fourth-order valence-electron chi connectivity index (χ4n) is 3.76. The van der Waals surface area contributed by atoms with Crippen molar-refractivity contribution in [3.05, 3.63) is 88.5 Å². The van der Waals surface area contributed by atoms with E-state index in [9.17, 15) is 18.4 Å². The first-order chi connectivity index (χ1) is 17.8. The number of aryl methyl sites for hydroxylation is 1. The molecule has 3 N–H and O–H groups in total. The topological polar surface area (TPSA) is 121 Å². The molecule has 2 amide bonds. The first kappa shape index (κ1) is 24.2. The smallest absolute Gasteiger partial charge is 0.291 e. The van der Waals surface area contributed by atoms with Crippen molar-refractivity contribution in [2.45, 2.75) is 20.0 Å². The molecule has 5 rings (SSSR count). The van der Waals surface area contributed by atoms with E-state index in [-0.39, 0.29) is 44.5 Å². The Morgan fingerprint density at radius 1 is 1.16 bits per heavy atom. The molecule has 0 unspecified atom stereocenters. The number of thiophene rings is 1. The zero-order valence-corrected chi connectivity index (χ0v) is 20.1. The summed E-state index contributed by atoms with van der Waals surface area (Å²) in [6, 6.07) is 14.9. The highest BCUT2D eigenvalue weighted by molar-refractivity contribution is 7.21. The van der Waals surface area contributed by atoms with Crippen molar-refractivity contribution in [3.8, 4) is 17.1 Å². The molecule has 0 radical (unpaired) electrons. The average Bonchev–Trinajstić information content (AvgIpc) is 3.62. The Morgan fingerprint density at radius 3 is 2.70 bits per heavy atom. The number of hydrogen-bond acceptors (Lipinski definition) is 7. The summed E-state index contributed by atoms with van der Waals surface area (Å²) in [5.41, 5.74) is 6.35. The Kier molecular flexibility index (Phi) is 6.45. The molecule has 0 aliphatic heterocycles. The first-order valence-corrected chi connectivity index (χ1v) is 11.8. The fourth-order valence-corrected chi connectivity index (χ4v) is 4.77. The van der Waals surface area contributed by atoms with Gasteiger partial charge in [0.1, 0.15) is 39.3 Å². The van der Waals surface area contributed by atoms with Crippen molar-refractivity contribution in [2.24, 2.45) is 5.73 Å². The van der Waals surface area contributed by atoms with Gasteiger partial charge in [-0.15, -0.1) is 11.3 Å². The first-order valence-electron chi connectivity index (χ1n) is 11.0. The molecule has 0 saturated carbocycles. The van der Waals surface area contributed by atoms with Gasteiger partial charge in [0.15, 0.2) is 5.76 Å². The molecule has 4 aromatic heterocycles. The predicted molar refractivity (Wildman–Crippen MR) is 133 cm³/mol. The monoisotopic (exact) mass is 523 g/mol. The Morgan fingerprint density at radius 2 is 2.00 bits per heavy atom. The van der Waals surface area contributed by atoms with Crippen molar-refractivity contribution in [3.63, 3.8) is 0 Å². The third kappa shape index (κ3) is 4.94. The molecule has 0 saturated heterocycles. The SMILES string of the molecule is Cc1cccc(OCc2ccc(C(=O)Nc3c(C(N)=O)sc4nc(C(F)F)cc(-c5ccco5)c34)o2)c1. The molecular formula is C26H19F2N3O5S. The molecule has 0 aliphatic carbocycles. The summed E-state index contributed by atoms with van der Waals surface area (Å²) in [6.45, 7) is 2.03. The van der Waals surface area contributed by atoms with Gasteiger partial charge in [0.25, 0.3) is 18.2 Å². The van der Waals surface area contributed by atoms with Crippen LogP contribution < -0.4 is 15.8 Å². The maximum atomic E-state index is 13.5. The minimum atomic E-state index is -2.86. The Hall–Kier alpha value is -4.51. The van der Waals surface area contributed by atoms with Crippen LogP contribution in [0.15, 0.2) is 69.7 Å². The Labute approximate surface area is 212 Å². The van der Waals surface area contributed by atoms with Gasteiger partial charge in [0, 0.05) is 10.9 Å². The van der Waals surface area contributed by atoms with Crippen LogP contribution in [0.5, 0.6) is 5.75 Å². The standard InChI is InChI=1S/C26H19F2N3O5S/c1-13-4-2-5-14(10-13)35-12-15-7-8-19(36-15)25(33)31-21-20-16(18-6-3-9-34-18)11-17(23(27)28)30-26(20)37-22(21)24(29)32/h2-11,23H,12H2,1H3,(H2,29,32)(H,31,33). The van der Waals surface area contributed by atoms with E-state index in [0.29, 0.717) is 11.5 Å². The van der Waals surface area contributed by atoms with E-state index in [0.717, 1.165) is 23.0 Å². The Balaban J connectivity index is 1.48. The second-order valence-corrected chi connectivity index (χ2v) is 9.05. The van der Waals surface area contributed by atoms with Gasteiger partial charge in [-0.2, -0.15) is 0 Å². The lowest BCUT2D eigenvalue weighted by molar-refractivity contribution is 0.0992. The van der Waals surface area contributed by atoms with Crippen LogP contribution in [0.2, 0.25) is 0 Å². The van der Waals surface area contributed by atoms with E-state index in [4.69, 9.17) is 19.3 Å². The molecule has 0 atom stereocenters. The van der Waals surface area contributed by atoms with Crippen LogP contribution in [0.3, 0.4) is 0 Å². The van der Waals surface area contributed by atoms with Crippen LogP contribution in [0.25, 0.3) is 21.5 Å². The van der Waals surface area contributed by atoms with E-state index in [2.05, 4.69) is 10.3 Å². The quantitative estimate of drug-likeness (QED) is 0.245. The van der Waals surface area contributed by atoms with E-state index in [1.54, 1.807) is 24.3 Å². The number of primary amides is 1. The maximum Gasteiger partial charge on any atom is 0.291 e. The molecule has 1 aromatic carbocycles. The number of aromatic nitrogens is 1. The third-order valence-electron chi connectivity index (χ3n) is 5.41. The molecule has 0 aliphatic rings. The summed E-state index contributed by atoms with van der Waals surface area (Å²) in [4.78, 5) is 29.3. The van der Waals surface area contributed by atoms with Gasteiger partial charge in [0.2, 0.25) is 0 Å². The van der Waals surface area contributed by atoms with Crippen molar-refractivity contribution in [2.75, 3.05) is 5.32 Å². The molecule has 8 nitrogen and oxygen atoms in total. The molecule has 4 heterocycles. The van der Waals surface area contributed by atoms with E-state index >= 15 is 0 Å². The molecule has 0 spiro atoms. The summed E-state index contributed by atoms with van der Waals surface area (Å²) >= 11 is 0.798. The van der Waals surface area contributed by atoms with Gasteiger partial charge in [-0.05, 0) is 55.0 Å². The van der Waals surface area contributed by atoms with Gasteiger partial charge < -0.3 is 24.6 Å². The highest BCUT2D eigenvalue weighted by atomic mass is 32.1. The third-order valence-corrected chi connectivity index (χ3v) is 6.51. The van der Waals surface area contributed by atoms with Gasteiger partial charge in [-0.1, -0.05) is 12.1 Å². The molecule has 188 valence electrons. The second kappa shape index (κ2) is 9.86. The molecule has 11 heteroatoms.